The van der Waals surface area contributed by atoms with Crippen molar-refractivity contribution in [2.45, 2.75) is 37.7 Å². The van der Waals surface area contributed by atoms with E-state index in [2.05, 4.69) is 0 Å². The predicted octanol–water partition coefficient (Wildman–Crippen LogP) is 1.91. The third-order valence-corrected chi connectivity index (χ3v) is 6.65. The van der Waals surface area contributed by atoms with E-state index in [1.54, 1.807) is 22.5 Å². The van der Waals surface area contributed by atoms with E-state index in [1.807, 2.05) is 6.92 Å². The first-order valence-electron chi connectivity index (χ1n) is 7.23. The molecule has 0 radical (unpaired) electrons. The molecule has 1 saturated heterocycles. The van der Waals surface area contributed by atoms with Crippen LogP contribution in [0, 0.1) is 18.8 Å². The number of nitrogens with zero attached hydrogens (tertiary/aromatic N) is 1. The van der Waals surface area contributed by atoms with Gasteiger partial charge in [0.1, 0.15) is 0 Å². The average molecular weight is 295 g/mol. The van der Waals surface area contributed by atoms with Gasteiger partial charge in [-0.3, -0.25) is 0 Å². The molecular weight excluding hydrogens is 274 g/mol. The largest absolute Gasteiger partial charge is 0.392 e. The Morgan fingerprint density at radius 2 is 1.90 bits per heavy atom. The van der Waals surface area contributed by atoms with Gasteiger partial charge in [0.25, 0.3) is 0 Å². The van der Waals surface area contributed by atoms with Gasteiger partial charge in [0, 0.05) is 13.1 Å². The van der Waals surface area contributed by atoms with E-state index in [4.69, 9.17) is 0 Å². The number of benzene rings is 1. The molecule has 110 valence electrons. The molecule has 20 heavy (non-hydrogen) atoms. The van der Waals surface area contributed by atoms with Crippen LogP contribution in [0.5, 0.6) is 0 Å². The first-order valence-corrected chi connectivity index (χ1v) is 8.67. The molecule has 1 saturated carbocycles. The maximum Gasteiger partial charge on any atom is 0.243 e. The van der Waals surface area contributed by atoms with Crippen LogP contribution in [0.4, 0.5) is 0 Å². The van der Waals surface area contributed by atoms with Gasteiger partial charge in [0.05, 0.1) is 11.5 Å². The van der Waals surface area contributed by atoms with E-state index in [-0.39, 0.29) is 6.61 Å². The minimum Gasteiger partial charge on any atom is -0.392 e. The molecule has 1 N–H and O–H groups in total. The zero-order valence-electron chi connectivity index (χ0n) is 11.7. The summed E-state index contributed by atoms with van der Waals surface area (Å²) in [6.45, 7) is 3.08. The van der Waals surface area contributed by atoms with Crippen LogP contribution in [0.3, 0.4) is 0 Å². The van der Waals surface area contributed by atoms with Crippen molar-refractivity contribution in [1.82, 2.24) is 4.31 Å². The summed E-state index contributed by atoms with van der Waals surface area (Å²) >= 11 is 0. The first-order chi connectivity index (χ1) is 9.52. The van der Waals surface area contributed by atoms with Gasteiger partial charge in [0.2, 0.25) is 10.0 Å². The van der Waals surface area contributed by atoms with Gasteiger partial charge in [-0.05, 0) is 54.9 Å². The molecule has 0 aromatic heterocycles. The lowest BCUT2D eigenvalue weighted by atomic mass is 10.0. The number of aryl methyl sites for hydroxylation is 1. The van der Waals surface area contributed by atoms with Crippen LogP contribution in [0.25, 0.3) is 0 Å². The highest BCUT2D eigenvalue weighted by molar-refractivity contribution is 7.89. The van der Waals surface area contributed by atoms with Crippen molar-refractivity contribution < 1.29 is 13.5 Å². The predicted molar refractivity (Wildman–Crippen MR) is 76.7 cm³/mol. The molecule has 0 spiro atoms. The third kappa shape index (κ3) is 2.28. The highest BCUT2D eigenvalue weighted by Crippen LogP contribution is 2.39. The van der Waals surface area contributed by atoms with Gasteiger partial charge in [-0.25, -0.2) is 8.42 Å². The molecule has 3 rings (SSSR count). The molecule has 1 aromatic rings. The topological polar surface area (TPSA) is 57.6 Å². The van der Waals surface area contributed by atoms with Crippen LogP contribution in [-0.2, 0) is 16.6 Å². The summed E-state index contributed by atoms with van der Waals surface area (Å²) in [6.07, 6.45) is 3.56. The third-order valence-electron chi connectivity index (χ3n) is 4.82. The van der Waals surface area contributed by atoms with Crippen LogP contribution in [0.1, 0.15) is 30.4 Å². The summed E-state index contributed by atoms with van der Waals surface area (Å²) < 4.78 is 27.0. The van der Waals surface area contributed by atoms with E-state index >= 15 is 0 Å². The Morgan fingerprint density at radius 3 is 2.50 bits per heavy atom. The van der Waals surface area contributed by atoms with Gasteiger partial charge in [-0.2, -0.15) is 4.31 Å². The number of rotatable bonds is 3. The van der Waals surface area contributed by atoms with Gasteiger partial charge in [0.15, 0.2) is 0 Å². The number of aliphatic hydroxyl groups is 1. The molecule has 1 aliphatic heterocycles. The van der Waals surface area contributed by atoms with Crippen molar-refractivity contribution in [2.24, 2.45) is 11.8 Å². The molecule has 0 amide bonds. The van der Waals surface area contributed by atoms with Crippen molar-refractivity contribution in [2.75, 3.05) is 13.1 Å². The standard InChI is InChI=1S/C15H21NO3S/c1-11-5-6-15(7-14(11)10-17)20(18,19)16-8-12-3-2-4-13(12)9-16/h5-7,12-13,17H,2-4,8-10H2,1H3. The lowest BCUT2D eigenvalue weighted by Gasteiger charge is -2.18. The SMILES string of the molecule is Cc1ccc(S(=O)(=O)N2CC3CCCC3C2)cc1CO. The molecule has 1 aromatic carbocycles. The van der Waals surface area contributed by atoms with Crippen molar-refractivity contribution >= 4 is 10.0 Å². The molecule has 0 bridgehead atoms. The maximum absolute atomic E-state index is 12.7. The molecule has 2 unspecified atom stereocenters. The summed E-state index contributed by atoms with van der Waals surface area (Å²) in [5, 5.41) is 9.30. The Balaban J connectivity index is 1.89. The Kier molecular flexibility index (Phi) is 3.60. The van der Waals surface area contributed by atoms with Crippen molar-refractivity contribution in [1.29, 1.82) is 0 Å². The number of sulfonamides is 1. The van der Waals surface area contributed by atoms with Gasteiger partial charge in [-0.15, -0.1) is 0 Å². The van der Waals surface area contributed by atoms with Crippen molar-refractivity contribution in [3.63, 3.8) is 0 Å². The lowest BCUT2D eigenvalue weighted by molar-refractivity contribution is 0.280. The summed E-state index contributed by atoms with van der Waals surface area (Å²) in [5.41, 5.74) is 1.61. The zero-order chi connectivity index (χ0) is 14.3. The van der Waals surface area contributed by atoms with Gasteiger partial charge >= 0.3 is 0 Å². The minimum absolute atomic E-state index is 0.125. The number of fused-ring (bicyclic) bond motifs is 1. The van der Waals surface area contributed by atoms with Crippen LogP contribution < -0.4 is 0 Å². The zero-order valence-corrected chi connectivity index (χ0v) is 12.6. The number of hydrogen-bond acceptors (Lipinski definition) is 3. The molecule has 1 aliphatic carbocycles. The highest BCUT2D eigenvalue weighted by atomic mass is 32.2. The summed E-state index contributed by atoms with van der Waals surface area (Å²) in [6, 6.07) is 5.03. The monoisotopic (exact) mass is 295 g/mol. The van der Waals surface area contributed by atoms with Crippen molar-refractivity contribution in [3.8, 4) is 0 Å². The van der Waals surface area contributed by atoms with Gasteiger partial charge in [-0.1, -0.05) is 12.5 Å². The average Bonchev–Trinajstić information content (AvgIpc) is 2.99. The molecular formula is C15H21NO3S. The summed E-state index contributed by atoms with van der Waals surface area (Å²) in [4.78, 5) is 0.312. The minimum atomic E-state index is -3.41. The van der Waals surface area contributed by atoms with Crippen LogP contribution >= 0.6 is 0 Å². The summed E-state index contributed by atoms with van der Waals surface area (Å²) in [5.74, 6) is 1.10. The van der Waals surface area contributed by atoms with Gasteiger partial charge < -0.3 is 5.11 Å². The molecule has 5 heteroatoms. The fraction of sp³-hybridized carbons (Fsp3) is 0.600. The fourth-order valence-electron chi connectivity index (χ4n) is 3.52. The van der Waals surface area contributed by atoms with E-state index < -0.39 is 10.0 Å². The Morgan fingerprint density at radius 1 is 1.25 bits per heavy atom. The van der Waals surface area contributed by atoms with Crippen LogP contribution in [-0.4, -0.2) is 30.9 Å². The number of aliphatic hydroxyl groups excluding tert-OH is 1. The van der Waals surface area contributed by atoms with E-state index in [9.17, 15) is 13.5 Å². The number of hydrogen-bond donors (Lipinski definition) is 1. The van der Waals surface area contributed by atoms with Crippen molar-refractivity contribution in [3.05, 3.63) is 29.3 Å². The molecule has 2 fully saturated rings. The Hall–Kier alpha value is -0.910. The molecule has 2 atom stereocenters. The van der Waals surface area contributed by atoms with Crippen LogP contribution in [0.2, 0.25) is 0 Å². The van der Waals surface area contributed by atoms with Crippen LogP contribution in [0.15, 0.2) is 23.1 Å². The second kappa shape index (κ2) is 5.13. The summed E-state index contributed by atoms with van der Waals surface area (Å²) in [7, 11) is -3.41. The molecule has 4 nitrogen and oxygen atoms in total. The van der Waals surface area contributed by atoms with E-state index in [0.717, 1.165) is 18.4 Å². The quantitative estimate of drug-likeness (QED) is 0.926. The lowest BCUT2D eigenvalue weighted by Crippen LogP contribution is -2.29. The molecule has 1 heterocycles. The molecule has 2 aliphatic rings. The van der Waals surface area contributed by atoms with E-state index in [1.165, 1.54) is 6.42 Å². The fourth-order valence-corrected chi connectivity index (χ4v) is 5.12. The Labute approximate surface area is 120 Å². The smallest absolute Gasteiger partial charge is 0.243 e. The maximum atomic E-state index is 12.7. The first kappa shape index (κ1) is 14.0. The Bertz CT molecular complexity index is 600. The van der Waals surface area contributed by atoms with E-state index in [0.29, 0.717) is 35.4 Å². The second-order valence-corrected chi connectivity index (χ2v) is 7.96. The second-order valence-electron chi connectivity index (χ2n) is 6.02. The normalized spacial score (nSPS) is 26.9. The highest BCUT2D eigenvalue weighted by Gasteiger charge is 2.41.